The molecular weight excluding hydrogens is 292 g/mol. The van der Waals surface area contributed by atoms with Crippen molar-refractivity contribution in [3.8, 4) is 5.75 Å². The molecule has 0 amide bonds. The molecule has 0 radical (unpaired) electrons. The van der Waals surface area contributed by atoms with E-state index in [1.54, 1.807) is 7.11 Å². The van der Waals surface area contributed by atoms with Crippen LogP contribution in [0.3, 0.4) is 0 Å². The number of halogens is 1. The molecule has 2 rings (SSSR count). The van der Waals surface area contributed by atoms with Gasteiger partial charge in [-0.15, -0.1) is 0 Å². The maximum Gasteiger partial charge on any atom is 0.125 e. The largest absolute Gasteiger partial charge is 0.496 e. The first-order valence-corrected chi connectivity index (χ1v) is 8.30. The first kappa shape index (κ1) is 16.0. The Morgan fingerprint density at radius 2 is 2.05 bits per heavy atom. The maximum absolute atomic E-state index is 6.41. The number of nitrogens with two attached hydrogens (primary N) is 1. The Morgan fingerprint density at radius 1 is 1.40 bits per heavy atom. The number of hydrogen-bond donors (Lipinski definition) is 1. The van der Waals surface area contributed by atoms with Crippen LogP contribution in [0.4, 0.5) is 0 Å². The van der Waals surface area contributed by atoms with Crippen molar-refractivity contribution in [3.63, 3.8) is 0 Å². The van der Waals surface area contributed by atoms with Gasteiger partial charge in [0, 0.05) is 40.7 Å². The summed E-state index contributed by atoms with van der Waals surface area (Å²) in [6.07, 6.45) is 0. The van der Waals surface area contributed by atoms with Crippen molar-refractivity contribution in [2.24, 2.45) is 5.73 Å². The molecule has 1 fully saturated rings. The maximum atomic E-state index is 6.41. The average Bonchev–Trinajstić information content (AvgIpc) is 2.40. The summed E-state index contributed by atoms with van der Waals surface area (Å²) in [7, 11) is 1.68. The summed E-state index contributed by atoms with van der Waals surface area (Å²) in [5.74, 6) is 0.825. The molecule has 1 heterocycles. The molecule has 1 saturated heterocycles. The molecule has 1 aliphatic rings. The molecule has 1 aromatic carbocycles. The van der Waals surface area contributed by atoms with E-state index in [-0.39, 0.29) is 6.04 Å². The van der Waals surface area contributed by atoms with E-state index in [4.69, 9.17) is 22.1 Å². The monoisotopic (exact) mass is 314 g/mol. The third kappa shape index (κ3) is 3.42. The minimum atomic E-state index is 0.115. The van der Waals surface area contributed by atoms with Crippen molar-refractivity contribution in [1.82, 2.24) is 4.90 Å². The van der Waals surface area contributed by atoms with Crippen LogP contribution in [0.15, 0.2) is 18.2 Å². The Kier molecular flexibility index (Phi) is 5.61. The van der Waals surface area contributed by atoms with Gasteiger partial charge in [-0.2, -0.15) is 11.8 Å². The highest BCUT2D eigenvalue weighted by atomic mass is 35.5. The molecule has 1 aromatic rings. The van der Waals surface area contributed by atoms with Gasteiger partial charge in [0.1, 0.15) is 5.75 Å². The smallest absolute Gasteiger partial charge is 0.125 e. The molecule has 3 nitrogen and oxygen atoms in total. The number of benzene rings is 1. The summed E-state index contributed by atoms with van der Waals surface area (Å²) in [6, 6.07) is 5.89. The second-order valence-electron chi connectivity index (χ2n) is 5.32. The first-order chi connectivity index (χ1) is 9.56. The third-order valence-electron chi connectivity index (χ3n) is 3.68. The van der Waals surface area contributed by atoms with Crippen LogP contribution in [0.25, 0.3) is 0 Å². The molecule has 20 heavy (non-hydrogen) atoms. The van der Waals surface area contributed by atoms with E-state index in [0.29, 0.717) is 17.0 Å². The summed E-state index contributed by atoms with van der Waals surface area (Å²) in [4.78, 5) is 2.44. The van der Waals surface area contributed by atoms with Gasteiger partial charge in [0.2, 0.25) is 0 Å². The number of nitrogens with zero attached hydrogens (tertiary/aromatic N) is 1. The number of ether oxygens (including phenoxy) is 1. The number of methoxy groups -OCH3 is 1. The van der Waals surface area contributed by atoms with E-state index >= 15 is 0 Å². The Hall–Kier alpha value is -0.420. The minimum Gasteiger partial charge on any atom is -0.496 e. The van der Waals surface area contributed by atoms with E-state index < -0.39 is 0 Å². The zero-order chi connectivity index (χ0) is 14.7. The molecule has 3 atom stereocenters. The molecule has 0 saturated carbocycles. The van der Waals surface area contributed by atoms with Crippen LogP contribution in [0.1, 0.15) is 25.5 Å². The fourth-order valence-electron chi connectivity index (χ4n) is 2.94. The molecule has 2 N–H and O–H groups in total. The molecule has 0 bridgehead atoms. The van der Waals surface area contributed by atoms with Crippen LogP contribution in [-0.2, 0) is 0 Å². The fraction of sp³-hybridized carbons (Fsp3) is 0.600. The van der Waals surface area contributed by atoms with Crippen molar-refractivity contribution in [1.29, 1.82) is 0 Å². The molecule has 112 valence electrons. The highest BCUT2D eigenvalue weighted by molar-refractivity contribution is 8.00. The summed E-state index contributed by atoms with van der Waals surface area (Å²) in [6.45, 7) is 7.15. The molecule has 0 aliphatic carbocycles. The lowest BCUT2D eigenvalue weighted by molar-refractivity contribution is 0.196. The van der Waals surface area contributed by atoms with E-state index in [1.165, 1.54) is 0 Å². The zero-order valence-corrected chi connectivity index (χ0v) is 13.9. The Labute approximate surface area is 130 Å². The van der Waals surface area contributed by atoms with Gasteiger partial charge >= 0.3 is 0 Å². The van der Waals surface area contributed by atoms with E-state index in [2.05, 4.69) is 18.7 Å². The van der Waals surface area contributed by atoms with Gasteiger partial charge in [-0.05, 0) is 12.1 Å². The number of rotatable bonds is 4. The van der Waals surface area contributed by atoms with Gasteiger partial charge in [0.25, 0.3) is 0 Å². The standard InChI is InChI=1S/C15H23ClN2OS/c1-10-8-18(9-11(2)20-10)13(7-17)15-12(16)5-4-6-14(15)19-3/h4-6,10-11,13H,7-9,17H2,1-3H3. The number of hydrogen-bond acceptors (Lipinski definition) is 4. The highest BCUT2D eigenvalue weighted by Crippen LogP contribution is 2.37. The van der Waals surface area contributed by atoms with Crippen molar-refractivity contribution in [3.05, 3.63) is 28.8 Å². The van der Waals surface area contributed by atoms with Crippen LogP contribution >= 0.6 is 23.4 Å². The summed E-state index contributed by atoms with van der Waals surface area (Å²) >= 11 is 8.44. The quantitative estimate of drug-likeness (QED) is 0.926. The van der Waals surface area contributed by atoms with Gasteiger partial charge < -0.3 is 10.5 Å². The van der Waals surface area contributed by atoms with Gasteiger partial charge in [-0.3, -0.25) is 4.90 Å². The lowest BCUT2D eigenvalue weighted by Gasteiger charge is -2.40. The summed E-state index contributed by atoms with van der Waals surface area (Å²) in [5, 5.41) is 1.96. The highest BCUT2D eigenvalue weighted by Gasteiger charge is 2.30. The summed E-state index contributed by atoms with van der Waals surface area (Å²) in [5.41, 5.74) is 7.08. The van der Waals surface area contributed by atoms with Crippen LogP contribution in [0.2, 0.25) is 5.02 Å². The van der Waals surface area contributed by atoms with Crippen LogP contribution < -0.4 is 10.5 Å². The Bertz CT molecular complexity index is 447. The van der Waals surface area contributed by atoms with Crippen LogP contribution in [0.5, 0.6) is 5.75 Å². The van der Waals surface area contributed by atoms with Gasteiger partial charge in [-0.25, -0.2) is 0 Å². The Balaban J connectivity index is 2.32. The molecule has 1 aliphatic heterocycles. The van der Waals surface area contributed by atoms with Crippen molar-refractivity contribution in [2.75, 3.05) is 26.7 Å². The predicted molar refractivity (Wildman–Crippen MR) is 87.9 cm³/mol. The third-order valence-corrected chi connectivity index (χ3v) is 5.23. The summed E-state index contributed by atoms with van der Waals surface area (Å²) < 4.78 is 5.48. The lowest BCUT2D eigenvalue weighted by atomic mass is 10.0. The first-order valence-electron chi connectivity index (χ1n) is 6.98. The molecule has 3 unspecified atom stereocenters. The van der Waals surface area contributed by atoms with Crippen LogP contribution in [-0.4, -0.2) is 42.1 Å². The average molecular weight is 315 g/mol. The van der Waals surface area contributed by atoms with E-state index in [9.17, 15) is 0 Å². The topological polar surface area (TPSA) is 38.5 Å². The fourth-order valence-corrected chi connectivity index (χ4v) is 4.58. The molecule has 0 spiro atoms. The van der Waals surface area contributed by atoms with Gasteiger partial charge in [0.05, 0.1) is 13.2 Å². The van der Waals surface area contributed by atoms with Crippen LogP contribution in [0, 0.1) is 0 Å². The van der Waals surface area contributed by atoms with Gasteiger partial charge in [-0.1, -0.05) is 31.5 Å². The van der Waals surface area contributed by atoms with E-state index in [0.717, 1.165) is 29.4 Å². The minimum absolute atomic E-state index is 0.115. The molecular formula is C15H23ClN2OS. The second-order valence-corrected chi connectivity index (χ2v) is 7.61. The van der Waals surface area contributed by atoms with Gasteiger partial charge in [0.15, 0.2) is 0 Å². The van der Waals surface area contributed by atoms with Crippen molar-refractivity contribution in [2.45, 2.75) is 30.4 Å². The Morgan fingerprint density at radius 3 is 2.60 bits per heavy atom. The lowest BCUT2D eigenvalue weighted by Crippen LogP contribution is -2.44. The van der Waals surface area contributed by atoms with E-state index in [1.807, 2.05) is 30.0 Å². The van der Waals surface area contributed by atoms with Crippen molar-refractivity contribution < 1.29 is 4.74 Å². The second kappa shape index (κ2) is 7.03. The molecule has 0 aromatic heterocycles. The SMILES string of the molecule is COc1cccc(Cl)c1C(CN)N1CC(C)SC(C)C1. The predicted octanol–water partition coefficient (Wildman–Crippen LogP) is 3.17. The normalized spacial score (nSPS) is 25.4. The van der Waals surface area contributed by atoms with Crippen molar-refractivity contribution >= 4 is 23.4 Å². The molecule has 5 heteroatoms. The number of thioether (sulfide) groups is 1. The zero-order valence-electron chi connectivity index (χ0n) is 12.3.